The molecule has 2 aliphatic rings. The van der Waals surface area contributed by atoms with Gasteiger partial charge in [0.2, 0.25) is 5.91 Å². The Balaban J connectivity index is 1.88. The van der Waals surface area contributed by atoms with Gasteiger partial charge in [0, 0.05) is 6.54 Å². The van der Waals surface area contributed by atoms with E-state index in [0.29, 0.717) is 11.8 Å². The van der Waals surface area contributed by atoms with Gasteiger partial charge in [-0.15, -0.1) is 0 Å². The van der Waals surface area contributed by atoms with Gasteiger partial charge < -0.3 is 4.90 Å². The van der Waals surface area contributed by atoms with Crippen molar-refractivity contribution in [1.82, 2.24) is 10.2 Å². The lowest BCUT2D eigenvalue weighted by Crippen LogP contribution is -2.42. The van der Waals surface area contributed by atoms with Gasteiger partial charge in [-0.05, 0) is 37.5 Å². The topological polar surface area (TPSA) is 32.3 Å². The maximum Gasteiger partial charge on any atom is 0.240 e. The molecule has 0 aromatic heterocycles. The molecule has 1 N–H and O–H groups in total. The van der Waals surface area contributed by atoms with Crippen LogP contribution in [0.2, 0.25) is 0 Å². The summed E-state index contributed by atoms with van der Waals surface area (Å²) in [6.07, 6.45) is 6.92. The molecule has 1 aliphatic heterocycles. The van der Waals surface area contributed by atoms with Gasteiger partial charge in [-0.25, -0.2) is 0 Å². The Bertz CT molecular complexity index is 316. The molecule has 110 valence electrons. The van der Waals surface area contributed by atoms with Crippen molar-refractivity contribution in [3.05, 3.63) is 0 Å². The Labute approximate surface area is 118 Å². The third kappa shape index (κ3) is 3.50. The van der Waals surface area contributed by atoms with Crippen LogP contribution in [0.15, 0.2) is 0 Å². The minimum Gasteiger partial charge on any atom is -0.326 e. The van der Waals surface area contributed by atoms with E-state index in [1.165, 1.54) is 32.1 Å². The summed E-state index contributed by atoms with van der Waals surface area (Å²) >= 11 is 0. The molecule has 4 unspecified atom stereocenters. The zero-order chi connectivity index (χ0) is 14.0. The minimum atomic E-state index is -0.00215. The van der Waals surface area contributed by atoms with E-state index in [4.69, 9.17) is 0 Å². The van der Waals surface area contributed by atoms with Crippen molar-refractivity contribution in [2.75, 3.05) is 6.54 Å². The predicted octanol–water partition coefficient (Wildman–Crippen LogP) is 3.01. The highest BCUT2D eigenvalue weighted by Crippen LogP contribution is 2.31. The SMILES string of the molecule is CC1CCCC(CCN2C(=O)C(C)NC2C(C)C)C1. The zero-order valence-electron chi connectivity index (χ0n) is 13.0. The monoisotopic (exact) mass is 266 g/mol. The van der Waals surface area contributed by atoms with Crippen LogP contribution in [0.5, 0.6) is 0 Å². The summed E-state index contributed by atoms with van der Waals surface area (Å²) in [7, 11) is 0. The fourth-order valence-electron chi connectivity index (χ4n) is 3.75. The molecule has 0 spiro atoms. The molecule has 0 aromatic rings. The lowest BCUT2D eigenvalue weighted by molar-refractivity contribution is -0.130. The Hall–Kier alpha value is -0.570. The van der Waals surface area contributed by atoms with Crippen LogP contribution in [0, 0.1) is 17.8 Å². The van der Waals surface area contributed by atoms with Crippen LogP contribution < -0.4 is 5.32 Å². The van der Waals surface area contributed by atoms with E-state index >= 15 is 0 Å². The summed E-state index contributed by atoms with van der Waals surface area (Å²) in [6.45, 7) is 9.68. The van der Waals surface area contributed by atoms with Gasteiger partial charge in [0.05, 0.1) is 12.2 Å². The third-order valence-corrected chi connectivity index (χ3v) is 4.86. The van der Waals surface area contributed by atoms with Crippen LogP contribution in [0.1, 0.15) is 59.8 Å². The number of hydrogen-bond donors (Lipinski definition) is 1. The summed E-state index contributed by atoms with van der Waals surface area (Å²) in [6, 6.07) is -0.00215. The maximum absolute atomic E-state index is 12.2. The van der Waals surface area contributed by atoms with Crippen LogP contribution in [0.4, 0.5) is 0 Å². The molecule has 2 rings (SSSR count). The van der Waals surface area contributed by atoms with Crippen molar-refractivity contribution < 1.29 is 4.79 Å². The maximum atomic E-state index is 12.2. The van der Waals surface area contributed by atoms with E-state index in [-0.39, 0.29) is 12.2 Å². The highest BCUT2D eigenvalue weighted by atomic mass is 16.2. The summed E-state index contributed by atoms with van der Waals surface area (Å²) in [5, 5.41) is 3.43. The average molecular weight is 266 g/mol. The highest BCUT2D eigenvalue weighted by Gasteiger charge is 2.37. The number of hydrogen-bond acceptors (Lipinski definition) is 2. The van der Waals surface area contributed by atoms with Crippen molar-refractivity contribution in [2.45, 2.75) is 72.0 Å². The quantitative estimate of drug-likeness (QED) is 0.848. The van der Waals surface area contributed by atoms with Crippen LogP contribution >= 0.6 is 0 Å². The van der Waals surface area contributed by atoms with Gasteiger partial charge in [0.1, 0.15) is 0 Å². The van der Waals surface area contributed by atoms with E-state index in [0.717, 1.165) is 18.4 Å². The molecule has 3 nitrogen and oxygen atoms in total. The van der Waals surface area contributed by atoms with E-state index < -0.39 is 0 Å². The molecule has 1 saturated carbocycles. The first-order valence-electron chi connectivity index (χ1n) is 8.05. The first-order chi connectivity index (χ1) is 8.99. The Kier molecular flexibility index (Phi) is 4.88. The molecule has 1 heterocycles. The normalized spacial score (nSPS) is 36.3. The second-order valence-corrected chi connectivity index (χ2v) is 7.04. The highest BCUT2D eigenvalue weighted by molar-refractivity contribution is 5.83. The Morgan fingerprint density at radius 2 is 2.05 bits per heavy atom. The van der Waals surface area contributed by atoms with Crippen molar-refractivity contribution in [3.8, 4) is 0 Å². The fraction of sp³-hybridized carbons (Fsp3) is 0.938. The molecule has 0 aromatic carbocycles. The first-order valence-corrected chi connectivity index (χ1v) is 8.05. The molecular formula is C16H30N2O. The largest absolute Gasteiger partial charge is 0.326 e. The molecule has 4 atom stereocenters. The lowest BCUT2D eigenvalue weighted by Gasteiger charge is -2.31. The smallest absolute Gasteiger partial charge is 0.240 e. The molecule has 0 bridgehead atoms. The Morgan fingerprint density at radius 3 is 2.68 bits per heavy atom. The zero-order valence-corrected chi connectivity index (χ0v) is 13.0. The molecule has 2 fully saturated rings. The van der Waals surface area contributed by atoms with Gasteiger partial charge in [-0.2, -0.15) is 0 Å². The van der Waals surface area contributed by atoms with E-state index in [9.17, 15) is 4.79 Å². The molecule has 1 saturated heterocycles. The molecule has 3 heteroatoms. The van der Waals surface area contributed by atoms with E-state index in [2.05, 4.69) is 31.0 Å². The van der Waals surface area contributed by atoms with Gasteiger partial charge in [-0.1, -0.05) is 40.0 Å². The standard InChI is InChI=1S/C16H30N2O/c1-11(2)15-17-13(4)16(19)18(15)9-8-14-7-5-6-12(3)10-14/h11-15,17H,5-10H2,1-4H3. The second kappa shape index (κ2) is 6.25. The minimum absolute atomic E-state index is 0.00215. The number of nitrogens with zero attached hydrogens (tertiary/aromatic N) is 1. The van der Waals surface area contributed by atoms with Crippen molar-refractivity contribution >= 4 is 5.91 Å². The molecule has 0 radical (unpaired) electrons. The van der Waals surface area contributed by atoms with E-state index in [1.54, 1.807) is 0 Å². The molecule has 1 aliphatic carbocycles. The summed E-state index contributed by atoms with van der Waals surface area (Å²) in [5.41, 5.74) is 0. The number of rotatable bonds is 4. The first kappa shape index (κ1) is 14.8. The Morgan fingerprint density at radius 1 is 1.32 bits per heavy atom. The van der Waals surface area contributed by atoms with Gasteiger partial charge in [0.15, 0.2) is 0 Å². The van der Waals surface area contributed by atoms with Crippen molar-refractivity contribution in [3.63, 3.8) is 0 Å². The summed E-state index contributed by atoms with van der Waals surface area (Å²) < 4.78 is 0. The molecule has 19 heavy (non-hydrogen) atoms. The average Bonchev–Trinajstić information content (AvgIpc) is 2.64. The predicted molar refractivity (Wildman–Crippen MR) is 78.7 cm³/mol. The van der Waals surface area contributed by atoms with Crippen LogP contribution in [0.3, 0.4) is 0 Å². The molecule has 1 amide bonds. The summed E-state index contributed by atoms with van der Waals surface area (Å²) in [4.78, 5) is 14.3. The fourth-order valence-corrected chi connectivity index (χ4v) is 3.75. The second-order valence-electron chi connectivity index (χ2n) is 7.04. The summed E-state index contributed by atoms with van der Waals surface area (Å²) in [5.74, 6) is 2.49. The molecular weight excluding hydrogens is 236 g/mol. The lowest BCUT2D eigenvalue weighted by atomic mass is 9.81. The van der Waals surface area contributed by atoms with Gasteiger partial charge in [0.25, 0.3) is 0 Å². The van der Waals surface area contributed by atoms with Gasteiger partial charge >= 0.3 is 0 Å². The number of amides is 1. The van der Waals surface area contributed by atoms with Gasteiger partial charge in [-0.3, -0.25) is 10.1 Å². The number of nitrogens with one attached hydrogen (secondary N) is 1. The number of carbonyl (C=O) groups is 1. The van der Waals surface area contributed by atoms with Crippen molar-refractivity contribution in [2.24, 2.45) is 17.8 Å². The van der Waals surface area contributed by atoms with E-state index in [1.807, 2.05) is 6.92 Å². The number of carbonyl (C=O) groups excluding carboxylic acids is 1. The third-order valence-electron chi connectivity index (χ3n) is 4.86. The van der Waals surface area contributed by atoms with Crippen LogP contribution in [-0.4, -0.2) is 29.6 Å². The van der Waals surface area contributed by atoms with Crippen LogP contribution in [0.25, 0.3) is 0 Å². The van der Waals surface area contributed by atoms with Crippen molar-refractivity contribution in [1.29, 1.82) is 0 Å². The van der Waals surface area contributed by atoms with Crippen LogP contribution in [-0.2, 0) is 4.79 Å².